The molecule has 0 spiro atoms. The van der Waals surface area contributed by atoms with Gasteiger partial charge in [0.05, 0.1) is 6.04 Å². The minimum absolute atomic E-state index is 0.169. The summed E-state index contributed by atoms with van der Waals surface area (Å²) >= 11 is 0. The molecule has 3 aromatic carbocycles. The SMILES string of the molecule is Oc1ccc2ccccc2c1[C@H](c1ccc(OC(F)(F)F)cc1)N1CCNCC1. The summed E-state index contributed by atoms with van der Waals surface area (Å²) in [4.78, 5) is 2.23. The van der Waals surface area contributed by atoms with Crippen molar-refractivity contribution in [1.82, 2.24) is 10.2 Å². The molecule has 0 aliphatic carbocycles. The predicted molar refractivity (Wildman–Crippen MR) is 105 cm³/mol. The zero-order valence-electron chi connectivity index (χ0n) is 15.6. The van der Waals surface area contributed by atoms with Gasteiger partial charge in [-0.25, -0.2) is 0 Å². The highest BCUT2D eigenvalue weighted by atomic mass is 19.4. The number of nitrogens with zero attached hydrogens (tertiary/aromatic N) is 1. The number of rotatable bonds is 4. The Kier molecular flexibility index (Phi) is 5.34. The molecule has 1 aliphatic rings. The van der Waals surface area contributed by atoms with Gasteiger partial charge in [0.1, 0.15) is 11.5 Å². The molecule has 1 fully saturated rings. The van der Waals surface area contributed by atoms with E-state index in [1.165, 1.54) is 12.1 Å². The van der Waals surface area contributed by atoms with Crippen LogP contribution in [0.4, 0.5) is 13.2 Å². The Morgan fingerprint density at radius 3 is 2.31 bits per heavy atom. The summed E-state index contributed by atoms with van der Waals surface area (Å²) in [6, 6.07) is 16.9. The highest BCUT2D eigenvalue weighted by Crippen LogP contribution is 2.40. The van der Waals surface area contributed by atoms with Crippen LogP contribution in [0.25, 0.3) is 10.8 Å². The first kappa shape index (κ1) is 19.5. The van der Waals surface area contributed by atoms with E-state index < -0.39 is 6.36 Å². The Bertz CT molecular complexity index is 984. The van der Waals surface area contributed by atoms with Gasteiger partial charge in [0, 0.05) is 31.7 Å². The minimum atomic E-state index is -4.73. The van der Waals surface area contributed by atoms with E-state index in [-0.39, 0.29) is 17.5 Å². The van der Waals surface area contributed by atoms with Crippen LogP contribution in [0.15, 0.2) is 60.7 Å². The van der Waals surface area contributed by atoms with Gasteiger partial charge in [-0.05, 0) is 34.5 Å². The second kappa shape index (κ2) is 7.93. The van der Waals surface area contributed by atoms with Crippen LogP contribution in [0.3, 0.4) is 0 Å². The van der Waals surface area contributed by atoms with Crippen molar-refractivity contribution >= 4 is 10.8 Å². The molecule has 152 valence electrons. The van der Waals surface area contributed by atoms with Crippen LogP contribution < -0.4 is 10.1 Å². The maximum absolute atomic E-state index is 12.5. The third kappa shape index (κ3) is 4.31. The first-order chi connectivity index (χ1) is 13.9. The molecule has 0 unspecified atom stereocenters. The third-order valence-electron chi connectivity index (χ3n) is 5.17. The van der Waals surface area contributed by atoms with Gasteiger partial charge in [-0.15, -0.1) is 13.2 Å². The van der Waals surface area contributed by atoms with Crippen molar-refractivity contribution in [1.29, 1.82) is 0 Å². The number of hydrogen-bond acceptors (Lipinski definition) is 4. The van der Waals surface area contributed by atoms with Crippen LogP contribution in [0.1, 0.15) is 17.2 Å². The molecule has 0 saturated carbocycles. The molecule has 0 radical (unpaired) electrons. The third-order valence-corrected chi connectivity index (χ3v) is 5.17. The first-order valence-electron chi connectivity index (χ1n) is 9.43. The smallest absolute Gasteiger partial charge is 0.508 e. The van der Waals surface area contributed by atoms with E-state index in [0.29, 0.717) is 0 Å². The van der Waals surface area contributed by atoms with Crippen molar-refractivity contribution in [2.45, 2.75) is 12.4 Å². The molecular formula is C22H21F3N2O2. The molecule has 1 aliphatic heterocycles. The lowest BCUT2D eigenvalue weighted by Gasteiger charge is -2.36. The molecule has 0 aromatic heterocycles. The number of halogens is 3. The van der Waals surface area contributed by atoms with E-state index in [9.17, 15) is 18.3 Å². The lowest BCUT2D eigenvalue weighted by Crippen LogP contribution is -2.45. The van der Waals surface area contributed by atoms with Crippen LogP contribution in [0, 0.1) is 0 Å². The van der Waals surface area contributed by atoms with Crippen molar-refractivity contribution in [2.75, 3.05) is 26.2 Å². The second-order valence-electron chi connectivity index (χ2n) is 7.02. The Balaban J connectivity index is 1.80. The largest absolute Gasteiger partial charge is 0.573 e. The molecule has 4 nitrogen and oxygen atoms in total. The summed E-state index contributed by atoms with van der Waals surface area (Å²) in [5.74, 6) is -0.0923. The number of aromatic hydroxyl groups is 1. The highest BCUT2D eigenvalue weighted by molar-refractivity contribution is 5.88. The van der Waals surface area contributed by atoms with Crippen molar-refractivity contribution in [2.24, 2.45) is 0 Å². The monoisotopic (exact) mass is 402 g/mol. The lowest BCUT2D eigenvalue weighted by atomic mass is 9.91. The Hall–Kier alpha value is -2.77. The molecule has 0 amide bonds. The minimum Gasteiger partial charge on any atom is -0.508 e. The molecule has 1 atom stereocenters. The van der Waals surface area contributed by atoms with Gasteiger partial charge < -0.3 is 15.2 Å². The van der Waals surface area contributed by atoms with Crippen molar-refractivity contribution in [3.05, 3.63) is 71.8 Å². The zero-order chi connectivity index (χ0) is 20.4. The Labute approximate surface area is 166 Å². The lowest BCUT2D eigenvalue weighted by molar-refractivity contribution is -0.274. The van der Waals surface area contributed by atoms with Gasteiger partial charge >= 0.3 is 6.36 Å². The summed E-state index contributed by atoms with van der Waals surface area (Å²) in [5, 5.41) is 16.0. The molecule has 1 heterocycles. The molecule has 4 rings (SSSR count). The number of benzene rings is 3. The van der Waals surface area contributed by atoms with E-state index in [1.54, 1.807) is 18.2 Å². The number of phenolic OH excluding ortho intramolecular Hbond substituents is 1. The number of phenols is 1. The quantitative estimate of drug-likeness (QED) is 0.677. The second-order valence-corrected chi connectivity index (χ2v) is 7.02. The van der Waals surface area contributed by atoms with E-state index in [1.807, 2.05) is 30.3 Å². The van der Waals surface area contributed by atoms with Gasteiger partial charge in [0.25, 0.3) is 0 Å². The number of nitrogens with one attached hydrogen (secondary N) is 1. The number of fused-ring (bicyclic) bond motifs is 1. The number of alkyl halides is 3. The molecule has 1 saturated heterocycles. The normalized spacial score (nSPS) is 16.7. The Morgan fingerprint density at radius 1 is 0.931 bits per heavy atom. The summed E-state index contributed by atoms with van der Waals surface area (Å²) in [7, 11) is 0. The molecule has 7 heteroatoms. The van der Waals surface area contributed by atoms with Gasteiger partial charge in [-0.1, -0.05) is 42.5 Å². The number of piperazine rings is 1. The van der Waals surface area contributed by atoms with E-state index in [0.717, 1.165) is 48.1 Å². The molecular weight excluding hydrogens is 381 g/mol. The van der Waals surface area contributed by atoms with Gasteiger partial charge in [-0.3, -0.25) is 4.90 Å². The van der Waals surface area contributed by atoms with E-state index >= 15 is 0 Å². The van der Waals surface area contributed by atoms with Crippen LogP contribution in [-0.2, 0) is 0 Å². The fourth-order valence-corrected chi connectivity index (χ4v) is 3.92. The summed E-state index contributed by atoms with van der Waals surface area (Å²) in [5.41, 5.74) is 1.56. The standard InChI is InChI=1S/C22H21F3N2O2/c23-22(24,25)29-17-8-5-16(6-9-17)21(27-13-11-26-12-14-27)20-18-4-2-1-3-15(18)7-10-19(20)28/h1-10,21,26,28H,11-14H2/t21-/m0/s1. The fraction of sp³-hybridized carbons (Fsp3) is 0.273. The van der Waals surface area contributed by atoms with Crippen molar-refractivity contribution < 1.29 is 23.0 Å². The van der Waals surface area contributed by atoms with Crippen LogP contribution in [0.2, 0.25) is 0 Å². The van der Waals surface area contributed by atoms with Crippen LogP contribution in [0.5, 0.6) is 11.5 Å². The van der Waals surface area contributed by atoms with Crippen molar-refractivity contribution in [3.8, 4) is 11.5 Å². The fourth-order valence-electron chi connectivity index (χ4n) is 3.92. The predicted octanol–water partition coefficient (Wildman–Crippen LogP) is 4.44. The number of hydrogen-bond donors (Lipinski definition) is 2. The molecule has 29 heavy (non-hydrogen) atoms. The maximum atomic E-state index is 12.5. The van der Waals surface area contributed by atoms with Crippen molar-refractivity contribution in [3.63, 3.8) is 0 Å². The molecule has 2 N–H and O–H groups in total. The van der Waals surface area contributed by atoms with E-state index in [2.05, 4.69) is 15.0 Å². The first-order valence-corrected chi connectivity index (χ1v) is 9.43. The topological polar surface area (TPSA) is 44.7 Å². The summed E-state index contributed by atoms with van der Waals surface area (Å²) in [6.07, 6.45) is -4.73. The van der Waals surface area contributed by atoms with Gasteiger partial charge in [-0.2, -0.15) is 0 Å². The van der Waals surface area contributed by atoms with Gasteiger partial charge in [0.2, 0.25) is 0 Å². The summed E-state index contributed by atoms with van der Waals surface area (Å²) in [6.45, 7) is 3.12. The van der Waals surface area contributed by atoms with E-state index in [4.69, 9.17) is 0 Å². The average molecular weight is 402 g/mol. The average Bonchev–Trinajstić information content (AvgIpc) is 2.71. The van der Waals surface area contributed by atoms with Crippen LogP contribution in [-0.4, -0.2) is 42.5 Å². The maximum Gasteiger partial charge on any atom is 0.573 e. The number of ether oxygens (including phenoxy) is 1. The van der Waals surface area contributed by atoms with Gasteiger partial charge in [0.15, 0.2) is 0 Å². The zero-order valence-corrected chi connectivity index (χ0v) is 15.6. The molecule has 3 aromatic rings. The molecule has 0 bridgehead atoms. The van der Waals surface area contributed by atoms with Crippen LogP contribution >= 0.6 is 0 Å². The summed E-state index contributed by atoms with van der Waals surface area (Å²) < 4.78 is 41.5. The highest BCUT2D eigenvalue weighted by Gasteiger charge is 2.32. The Morgan fingerprint density at radius 2 is 1.62 bits per heavy atom.